The SMILES string of the molecule is NC(=O)[C@H]1CCC[NH+](CN2C(=O)NC3(CCCCCC3)C2=O)C1. The van der Waals surface area contributed by atoms with Gasteiger partial charge < -0.3 is 16.0 Å². The summed E-state index contributed by atoms with van der Waals surface area (Å²) in [6.07, 6.45) is 7.42. The van der Waals surface area contributed by atoms with Gasteiger partial charge in [0.15, 0.2) is 6.67 Å². The minimum Gasteiger partial charge on any atom is -0.369 e. The third-order valence-corrected chi connectivity index (χ3v) is 5.61. The predicted molar refractivity (Wildman–Crippen MR) is 83.3 cm³/mol. The molecule has 1 unspecified atom stereocenters. The second kappa shape index (κ2) is 6.47. The predicted octanol–water partition coefficient (Wildman–Crippen LogP) is -0.631. The third kappa shape index (κ3) is 3.20. The van der Waals surface area contributed by atoms with Gasteiger partial charge in [-0.15, -0.1) is 0 Å². The Kier molecular flexibility index (Phi) is 4.57. The fourth-order valence-corrected chi connectivity index (χ4v) is 4.25. The minimum atomic E-state index is -0.675. The van der Waals surface area contributed by atoms with E-state index in [9.17, 15) is 14.4 Å². The van der Waals surface area contributed by atoms with E-state index >= 15 is 0 Å². The number of carbonyl (C=O) groups excluding carboxylic acids is 3. The highest BCUT2D eigenvalue weighted by Crippen LogP contribution is 2.32. The number of nitrogens with zero attached hydrogens (tertiary/aromatic N) is 1. The summed E-state index contributed by atoms with van der Waals surface area (Å²) in [5.41, 5.74) is 4.73. The number of urea groups is 1. The number of hydrogen-bond acceptors (Lipinski definition) is 3. The fraction of sp³-hybridized carbons (Fsp3) is 0.812. The van der Waals surface area contributed by atoms with Gasteiger partial charge in [-0.25, -0.2) is 9.69 Å². The van der Waals surface area contributed by atoms with Gasteiger partial charge in [0.25, 0.3) is 5.91 Å². The average Bonchev–Trinajstić information content (AvgIpc) is 2.72. The van der Waals surface area contributed by atoms with Crippen LogP contribution in [-0.4, -0.2) is 48.0 Å². The zero-order valence-corrected chi connectivity index (χ0v) is 13.6. The smallest absolute Gasteiger partial charge is 0.329 e. The van der Waals surface area contributed by atoms with Crippen molar-refractivity contribution in [2.45, 2.75) is 56.9 Å². The monoisotopic (exact) mass is 323 g/mol. The number of hydrogen-bond donors (Lipinski definition) is 3. The summed E-state index contributed by atoms with van der Waals surface area (Å²) in [7, 11) is 0. The van der Waals surface area contributed by atoms with Crippen LogP contribution in [0.5, 0.6) is 0 Å². The van der Waals surface area contributed by atoms with E-state index in [1.165, 1.54) is 4.90 Å². The highest BCUT2D eigenvalue weighted by Gasteiger charge is 2.51. The molecule has 1 spiro atoms. The van der Waals surface area contributed by atoms with Crippen LogP contribution in [0.15, 0.2) is 0 Å². The third-order valence-electron chi connectivity index (χ3n) is 5.61. The number of rotatable bonds is 3. The molecule has 0 bridgehead atoms. The largest absolute Gasteiger partial charge is 0.369 e. The Balaban J connectivity index is 1.67. The van der Waals surface area contributed by atoms with E-state index in [1.807, 2.05) is 0 Å². The molecule has 0 radical (unpaired) electrons. The maximum absolute atomic E-state index is 12.9. The number of primary amides is 1. The molecule has 7 heteroatoms. The highest BCUT2D eigenvalue weighted by atomic mass is 16.2. The van der Waals surface area contributed by atoms with E-state index in [-0.39, 0.29) is 23.8 Å². The van der Waals surface area contributed by atoms with Gasteiger partial charge in [0, 0.05) is 0 Å². The van der Waals surface area contributed by atoms with Gasteiger partial charge >= 0.3 is 6.03 Å². The molecule has 4 N–H and O–H groups in total. The zero-order valence-electron chi connectivity index (χ0n) is 13.6. The van der Waals surface area contributed by atoms with Crippen LogP contribution >= 0.6 is 0 Å². The van der Waals surface area contributed by atoms with Crippen LogP contribution in [-0.2, 0) is 9.59 Å². The number of carbonyl (C=O) groups is 3. The number of nitrogens with one attached hydrogen (secondary N) is 2. The molecule has 128 valence electrons. The molecule has 3 aliphatic rings. The standard InChI is InChI=1S/C16H26N4O3/c17-13(21)12-6-5-9-19(10-12)11-20-14(22)16(18-15(20)23)7-3-1-2-4-8-16/h12H,1-11H2,(H2,17,21)(H,18,23)/p+1/t12-/m0/s1. The highest BCUT2D eigenvalue weighted by molar-refractivity contribution is 6.06. The molecule has 0 aromatic rings. The number of amides is 4. The van der Waals surface area contributed by atoms with Crippen molar-refractivity contribution in [3.63, 3.8) is 0 Å². The zero-order chi connectivity index (χ0) is 16.4. The minimum absolute atomic E-state index is 0.0712. The Morgan fingerprint density at radius 3 is 2.57 bits per heavy atom. The first-order chi connectivity index (χ1) is 11.0. The van der Waals surface area contributed by atoms with Crippen molar-refractivity contribution >= 4 is 17.8 Å². The van der Waals surface area contributed by atoms with Crippen LogP contribution in [0.25, 0.3) is 0 Å². The van der Waals surface area contributed by atoms with Crippen LogP contribution < -0.4 is 16.0 Å². The van der Waals surface area contributed by atoms with E-state index in [4.69, 9.17) is 5.73 Å². The summed E-state index contributed by atoms with van der Waals surface area (Å²) in [5, 5.41) is 2.97. The molecule has 23 heavy (non-hydrogen) atoms. The summed E-state index contributed by atoms with van der Waals surface area (Å²) >= 11 is 0. The Labute approximate surface area is 136 Å². The first-order valence-corrected chi connectivity index (χ1v) is 8.79. The summed E-state index contributed by atoms with van der Waals surface area (Å²) in [6, 6.07) is -0.273. The summed E-state index contributed by atoms with van der Waals surface area (Å²) in [6.45, 7) is 1.82. The van der Waals surface area contributed by atoms with Crippen LogP contribution in [0.1, 0.15) is 51.4 Å². The lowest BCUT2D eigenvalue weighted by molar-refractivity contribution is -0.914. The second-order valence-corrected chi connectivity index (χ2v) is 7.26. The average molecular weight is 323 g/mol. The number of piperidine rings is 1. The van der Waals surface area contributed by atoms with Gasteiger partial charge in [-0.3, -0.25) is 9.59 Å². The Morgan fingerprint density at radius 2 is 1.91 bits per heavy atom. The molecule has 2 aliphatic heterocycles. The number of nitrogens with two attached hydrogens (primary N) is 1. The Bertz CT molecular complexity index is 500. The summed E-state index contributed by atoms with van der Waals surface area (Å²) in [4.78, 5) is 39.1. The molecular weight excluding hydrogens is 296 g/mol. The van der Waals surface area contributed by atoms with Crippen LogP contribution in [0.2, 0.25) is 0 Å². The Morgan fingerprint density at radius 1 is 1.22 bits per heavy atom. The van der Waals surface area contributed by atoms with Crippen molar-refractivity contribution in [1.82, 2.24) is 10.2 Å². The maximum atomic E-state index is 12.9. The lowest BCUT2D eigenvalue weighted by Crippen LogP contribution is -3.15. The van der Waals surface area contributed by atoms with Crippen LogP contribution in [0.3, 0.4) is 0 Å². The van der Waals surface area contributed by atoms with Gasteiger partial charge in [-0.1, -0.05) is 25.7 Å². The molecule has 4 amide bonds. The van der Waals surface area contributed by atoms with Crippen molar-refractivity contribution < 1.29 is 19.3 Å². The molecule has 1 aliphatic carbocycles. The van der Waals surface area contributed by atoms with Crippen LogP contribution in [0.4, 0.5) is 4.79 Å². The fourth-order valence-electron chi connectivity index (χ4n) is 4.25. The number of quaternary nitrogens is 1. The normalized spacial score (nSPS) is 31.0. The molecule has 0 aromatic heterocycles. The number of likely N-dealkylation sites (tertiary alicyclic amines) is 1. The first-order valence-electron chi connectivity index (χ1n) is 8.79. The van der Waals surface area contributed by atoms with E-state index in [0.29, 0.717) is 13.2 Å². The Hall–Kier alpha value is -1.63. The maximum Gasteiger partial charge on any atom is 0.329 e. The second-order valence-electron chi connectivity index (χ2n) is 7.26. The van der Waals surface area contributed by atoms with Gasteiger partial charge in [0.2, 0.25) is 5.91 Å². The lowest BCUT2D eigenvalue weighted by atomic mass is 9.90. The van der Waals surface area contributed by atoms with Gasteiger partial charge in [0.05, 0.1) is 19.0 Å². The van der Waals surface area contributed by atoms with Crippen molar-refractivity contribution in [2.75, 3.05) is 19.8 Å². The van der Waals surface area contributed by atoms with E-state index in [1.54, 1.807) is 0 Å². The summed E-state index contributed by atoms with van der Waals surface area (Å²) in [5.74, 6) is -0.496. The summed E-state index contributed by atoms with van der Waals surface area (Å²) < 4.78 is 0. The van der Waals surface area contributed by atoms with E-state index in [0.717, 1.165) is 62.8 Å². The molecule has 0 aromatic carbocycles. The van der Waals surface area contributed by atoms with Crippen molar-refractivity contribution in [2.24, 2.45) is 11.7 Å². The molecule has 3 rings (SSSR count). The topological polar surface area (TPSA) is 96.9 Å². The van der Waals surface area contributed by atoms with E-state index in [2.05, 4.69) is 5.32 Å². The van der Waals surface area contributed by atoms with Gasteiger partial charge in [-0.2, -0.15) is 0 Å². The molecule has 2 saturated heterocycles. The van der Waals surface area contributed by atoms with Crippen molar-refractivity contribution in [3.8, 4) is 0 Å². The quantitative estimate of drug-likeness (QED) is 0.603. The van der Waals surface area contributed by atoms with Gasteiger partial charge in [-0.05, 0) is 25.7 Å². The first kappa shape index (κ1) is 16.2. The van der Waals surface area contributed by atoms with Crippen LogP contribution in [0, 0.1) is 5.92 Å². The number of imide groups is 1. The molecule has 7 nitrogen and oxygen atoms in total. The lowest BCUT2D eigenvalue weighted by Gasteiger charge is -2.30. The molecule has 2 atom stereocenters. The molecule has 2 heterocycles. The molecule has 3 fully saturated rings. The van der Waals surface area contributed by atoms with Crippen molar-refractivity contribution in [3.05, 3.63) is 0 Å². The molecular formula is C16H27N4O3+. The van der Waals surface area contributed by atoms with Gasteiger partial charge in [0.1, 0.15) is 5.54 Å². The molecule has 1 saturated carbocycles. The van der Waals surface area contributed by atoms with E-state index < -0.39 is 5.54 Å². The van der Waals surface area contributed by atoms with Crippen molar-refractivity contribution in [1.29, 1.82) is 0 Å².